The lowest BCUT2D eigenvalue weighted by Crippen LogP contribution is -2.49. The maximum Gasteiger partial charge on any atom is 0.267 e. The number of para-hydroxylation sites is 2. The van der Waals surface area contributed by atoms with Crippen LogP contribution >= 0.6 is 22.6 Å². The van der Waals surface area contributed by atoms with Gasteiger partial charge in [-0.2, -0.15) is 0 Å². The van der Waals surface area contributed by atoms with Crippen molar-refractivity contribution in [2.45, 2.75) is 18.8 Å². The van der Waals surface area contributed by atoms with Crippen LogP contribution in [0.4, 0.5) is 11.4 Å². The van der Waals surface area contributed by atoms with Crippen molar-refractivity contribution >= 4 is 49.9 Å². The van der Waals surface area contributed by atoms with E-state index in [1.165, 1.54) is 4.31 Å². The standard InChI is InChI=1S/C23H21IN2O4S/c1-16-13-18(24)11-12-19(16)25-23(27)22-14-26(20-9-5-6-10-21(20)30-22)31(28,29)15-17-7-3-2-4-8-17/h2-13,22H,14-15H2,1H3,(H,25,27). The molecule has 6 nitrogen and oxygen atoms in total. The average Bonchev–Trinajstić information content (AvgIpc) is 2.75. The Hall–Kier alpha value is -2.59. The van der Waals surface area contributed by atoms with E-state index < -0.39 is 22.0 Å². The summed E-state index contributed by atoms with van der Waals surface area (Å²) in [7, 11) is -3.73. The second-order valence-corrected chi connectivity index (χ2v) is 10.4. The van der Waals surface area contributed by atoms with Crippen LogP contribution in [0, 0.1) is 10.5 Å². The van der Waals surface area contributed by atoms with Gasteiger partial charge in [0.1, 0.15) is 5.75 Å². The van der Waals surface area contributed by atoms with Gasteiger partial charge in [-0.05, 0) is 71.0 Å². The number of carbonyl (C=O) groups excluding carboxylic acids is 1. The van der Waals surface area contributed by atoms with Crippen molar-refractivity contribution in [3.8, 4) is 5.75 Å². The maximum atomic E-state index is 13.3. The van der Waals surface area contributed by atoms with Gasteiger partial charge < -0.3 is 10.1 Å². The smallest absolute Gasteiger partial charge is 0.267 e. The van der Waals surface area contributed by atoms with Crippen LogP contribution in [0.2, 0.25) is 0 Å². The van der Waals surface area contributed by atoms with Crippen molar-refractivity contribution in [1.82, 2.24) is 0 Å². The molecule has 4 rings (SSSR count). The fraction of sp³-hybridized carbons (Fsp3) is 0.174. The second-order valence-electron chi connectivity index (χ2n) is 7.30. The summed E-state index contributed by atoms with van der Waals surface area (Å²) in [5, 5.41) is 2.87. The van der Waals surface area contributed by atoms with E-state index in [1.54, 1.807) is 48.5 Å². The highest BCUT2D eigenvalue weighted by atomic mass is 127. The Kier molecular flexibility index (Phi) is 6.19. The summed E-state index contributed by atoms with van der Waals surface area (Å²) in [6, 6.07) is 21.6. The highest BCUT2D eigenvalue weighted by molar-refractivity contribution is 14.1. The van der Waals surface area contributed by atoms with Gasteiger partial charge in [0, 0.05) is 9.26 Å². The number of hydrogen-bond donors (Lipinski definition) is 1. The van der Waals surface area contributed by atoms with Gasteiger partial charge >= 0.3 is 0 Å². The monoisotopic (exact) mass is 548 g/mol. The second kappa shape index (κ2) is 8.88. The number of sulfonamides is 1. The Balaban J connectivity index is 1.61. The number of benzene rings is 3. The molecule has 0 spiro atoms. The zero-order valence-electron chi connectivity index (χ0n) is 16.8. The first-order valence-electron chi connectivity index (χ1n) is 9.70. The van der Waals surface area contributed by atoms with Gasteiger partial charge in [-0.15, -0.1) is 0 Å². The number of nitrogens with one attached hydrogen (secondary N) is 1. The van der Waals surface area contributed by atoms with E-state index in [4.69, 9.17) is 4.74 Å². The van der Waals surface area contributed by atoms with Crippen molar-refractivity contribution in [3.05, 3.63) is 87.5 Å². The zero-order chi connectivity index (χ0) is 22.0. The average molecular weight is 548 g/mol. The largest absolute Gasteiger partial charge is 0.476 e. The molecular formula is C23H21IN2O4S. The molecular weight excluding hydrogens is 527 g/mol. The third-order valence-corrected chi connectivity index (χ3v) is 7.39. The molecule has 0 saturated carbocycles. The molecule has 8 heteroatoms. The summed E-state index contributed by atoms with van der Waals surface area (Å²) in [5.74, 6) is -0.184. The van der Waals surface area contributed by atoms with Gasteiger partial charge in [-0.3, -0.25) is 9.10 Å². The molecule has 160 valence electrons. The maximum absolute atomic E-state index is 13.3. The van der Waals surface area contributed by atoms with Crippen LogP contribution in [0.5, 0.6) is 5.75 Å². The minimum atomic E-state index is -3.73. The predicted octanol–water partition coefficient (Wildman–Crippen LogP) is 4.34. The van der Waals surface area contributed by atoms with Gasteiger partial charge in [0.15, 0.2) is 6.10 Å². The van der Waals surface area contributed by atoms with Crippen molar-refractivity contribution in [2.75, 3.05) is 16.2 Å². The number of anilines is 2. The number of fused-ring (bicyclic) bond motifs is 1. The number of ether oxygens (including phenoxy) is 1. The summed E-state index contributed by atoms with van der Waals surface area (Å²) < 4.78 is 34.8. The Morgan fingerprint density at radius 1 is 1.10 bits per heavy atom. The SMILES string of the molecule is Cc1cc(I)ccc1NC(=O)C1CN(S(=O)(=O)Cc2ccccc2)c2ccccc2O1. The van der Waals surface area contributed by atoms with Gasteiger partial charge in [0.2, 0.25) is 10.0 Å². The van der Waals surface area contributed by atoms with Crippen LogP contribution < -0.4 is 14.4 Å². The van der Waals surface area contributed by atoms with Gasteiger partial charge in [-0.1, -0.05) is 42.5 Å². The number of halogens is 1. The van der Waals surface area contributed by atoms with Gasteiger partial charge in [0.25, 0.3) is 5.91 Å². The number of carbonyl (C=O) groups is 1. The first kappa shape index (κ1) is 21.6. The van der Waals surface area contributed by atoms with Crippen molar-refractivity contribution in [2.24, 2.45) is 0 Å². The summed E-state index contributed by atoms with van der Waals surface area (Å²) in [6.45, 7) is 1.81. The summed E-state index contributed by atoms with van der Waals surface area (Å²) in [6.07, 6.45) is -0.973. The molecule has 31 heavy (non-hydrogen) atoms. The third kappa shape index (κ3) is 4.85. The van der Waals surface area contributed by atoms with E-state index in [9.17, 15) is 13.2 Å². The van der Waals surface area contributed by atoms with Crippen LogP contribution in [0.1, 0.15) is 11.1 Å². The number of amides is 1. The predicted molar refractivity (Wildman–Crippen MR) is 130 cm³/mol. The summed E-state index contributed by atoms with van der Waals surface area (Å²) in [5.41, 5.74) is 2.71. The van der Waals surface area contributed by atoms with E-state index >= 15 is 0 Å². The van der Waals surface area contributed by atoms with E-state index in [0.717, 1.165) is 9.13 Å². The molecule has 1 atom stereocenters. The molecule has 3 aromatic rings. The van der Waals surface area contributed by atoms with Crippen molar-refractivity contribution < 1.29 is 17.9 Å². The molecule has 1 aliphatic heterocycles. The number of nitrogens with zero attached hydrogens (tertiary/aromatic N) is 1. The van der Waals surface area contributed by atoms with Crippen molar-refractivity contribution in [3.63, 3.8) is 0 Å². The van der Waals surface area contributed by atoms with Crippen LogP contribution in [-0.4, -0.2) is 27.0 Å². The Morgan fingerprint density at radius 2 is 1.81 bits per heavy atom. The quantitative estimate of drug-likeness (QED) is 0.482. The van der Waals surface area contributed by atoms with Crippen molar-refractivity contribution in [1.29, 1.82) is 0 Å². The Labute approximate surface area is 195 Å². The molecule has 0 radical (unpaired) electrons. The highest BCUT2D eigenvalue weighted by Gasteiger charge is 2.36. The highest BCUT2D eigenvalue weighted by Crippen LogP contribution is 2.36. The lowest BCUT2D eigenvalue weighted by molar-refractivity contribution is -0.122. The fourth-order valence-corrected chi connectivity index (χ4v) is 5.67. The van der Waals surface area contributed by atoms with E-state index in [0.29, 0.717) is 22.7 Å². The molecule has 1 amide bonds. The van der Waals surface area contributed by atoms with Crippen LogP contribution in [0.3, 0.4) is 0 Å². The minimum absolute atomic E-state index is 0.0958. The normalized spacial score (nSPS) is 15.7. The van der Waals surface area contributed by atoms with E-state index in [2.05, 4.69) is 27.9 Å². The van der Waals surface area contributed by atoms with Gasteiger partial charge in [0.05, 0.1) is 18.0 Å². The summed E-state index contributed by atoms with van der Waals surface area (Å²) in [4.78, 5) is 13.0. The molecule has 0 fully saturated rings. The molecule has 1 N–H and O–H groups in total. The van der Waals surface area contributed by atoms with Gasteiger partial charge in [-0.25, -0.2) is 8.42 Å². The molecule has 0 aromatic heterocycles. The number of aryl methyl sites for hydroxylation is 1. The Morgan fingerprint density at radius 3 is 2.55 bits per heavy atom. The zero-order valence-corrected chi connectivity index (χ0v) is 19.8. The molecule has 1 heterocycles. The lowest BCUT2D eigenvalue weighted by Gasteiger charge is -2.34. The molecule has 0 aliphatic carbocycles. The topological polar surface area (TPSA) is 75.7 Å². The van der Waals surface area contributed by atoms with Crippen LogP contribution in [0.15, 0.2) is 72.8 Å². The van der Waals surface area contributed by atoms with Crippen LogP contribution in [-0.2, 0) is 20.6 Å². The van der Waals surface area contributed by atoms with E-state index in [1.807, 2.05) is 31.2 Å². The first-order chi connectivity index (χ1) is 14.8. The molecule has 1 aliphatic rings. The molecule has 1 unspecified atom stereocenters. The first-order valence-corrected chi connectivity index (χ1v) is 12.4. The molecule has 0 saturated heterocycles. The molecule has 3 aromatic carbocycles. The summed E-state index contributed by atoms with van der Waals surface area (Å²) >= 11 is 2.21. The van der Waals surface area contributed by atoms with Crippen LogP contribution in [0.25, 0.3) is 0 Å². The third-order valence-electron chi connectivity index (χ3n) is 5.00. The Bertz CT molecular complexity index is 1220. The number of rotatable bonds is 5. The van der Waals surface area contributed by atoms with E-state index in [-0.39, 0.29) is 12.3 Å². The fourth-order valence-electron chi connectivity index (χ4n) is 3.45. The molecule has 0 bridgehead atoms. The lowest BCUT2D eigenvalue weighted by atomic mass is 10.2. The number of hydrogen-bond acceptors (Lipinski definition) is 4. The minimum Gasteiger partial charge on any atom is -0.476 e.